The monoisotopic (exact) mass is 326 g/mol. The molecule has 3 rings (SSSR count). The molecule has 3 nitrogen and oxygen atoms in total. The first kappa shape index (κ1) is 16.7. The second-order valence-electron chi connectivity index (χ2n) is 6.35. The van der Waals surface area contributed by atoms with Gasteiger partial charge in [0.15, 0.2) is 0 Å². The van der Waals surface area contributed by atoms with E-state index in [9.17, 15) is 9.18 Å². The van der Waals surface area contributed by atoms with E-state index in [1.165, 1.54) is 43.4 Å². The molecule has 0 radical (unpaired) electrons. The van der Waals surface area contributed by atoms with E-state index in [2.05, 4.69) is 10.2 Å². The number of anilines is 1. The molecule has 0 bridgehead atoms. The van der Waals surface area contributed by atoms with E-state index in [1.807, 2.05) is 24.3 Å². The molecule has 0 atom stereocenters. The first-order valence-corrected chi connectivity index (χ1v) is 8.59. The van der Waals surface area contributed by atoms with Crippen LogP contribution in [0.15, 0.2) is 48.5 Å². The number of carbonyl (C=O) groups excluding carboxylic acids is 1. The Kier molecular flexibility index (Phi) is 5.59. The molecule has 0 aliphatic carbocycles. The third-order valence-electron chi connectivity index (χ3n) is 4.40. The van der Waals surface area contributed by atoms with Crippen LogP contribution in [0.3, 0.4) is 0 Å². The molecule has 1 amide bonds. The molecule has 0 unspecified atom stereocenters. The van der Waals surface area contributed by atoms with Crippen LogP contribution in [0, 0.1) is 5.82 Å². The molecule has 2 aromatic carbocycles. The first-order valence-electron chi connectivity index (χ1n) is 8.59. The number of carbonyl (C=O) groups is 1. The topological polar surface area (TPSA) is 32.3 Å². The molecule has 1 fully saturated rings. The number of rotatable bonds is 4. The Morgan fingerprint density at radius 3 is 2.38 bits per heavy atom. The van der Waals surface area contributed by atoms with Crippen molar-refractivity contribution in [3.8, 4) is 0 Å². The molecule has 2 aromatic rings. The van der Waals surface area contributed by atoms with Crippen LogP contribution in [0.5, 0.6) is 0 Å². The molecule has 24 heavy (non-hydrogen) atoms. The summed E-state index contributed by atoms with van der Waals surface area (Å²) in [6, 6.07) is 13.6. The zero-order valence-corrected chi connectivity index (χ0v) is 13.8. The van der Waals surface area contributed by atoms with E-state index in [-0.39, 0.29) is 11.7 Å². The summed E-state index contributed by atoms with van der Waals surface area (Å²) in [5, 5.41) is 2.72. The van der Waals surface area contributed by atoms with E-state index >= 15 is 0 Å². The van der Waals surface area contributed by atoms with E-state index < -0.39 is 0 Å². The molecule has 1 aliphatic heterocycles. The lowest BCUT2D eigenvalue weighted by Gasteiger charge is -2.19. The molecular formula is C20H23FN2O. The second-order valence-corrected chi connectivity index (χ2v) is 6.35. The molecule has 4 heteroatoms. The molecule has 126 valence electrons. The highest BCUT2D eigenvalue weighted by Crippen LogP contribution is 2.15. The van der Waals surface area contributed by atoms with Gasteiger partial charge < -0.3 is 5.32 Å². The Labute approximate surface area is 142 Å². The van der Waals surface area contributed by atoms with E-state index in [4.69, 9.17) is 0 Å². The zero-order valence-electron chi connectivity index (χ0n) is 13.8. The average molecular weight is 326 g/mol. The van der Waals surface area contributed by atoms with Gasteiger partial charge in [-0.15, -0.1) is 0 Å². The largest absolute Gasteiger partial charge is 0.322 e. The minimum Gasteiger partial charge on any atom is -0.322 e. The molecule has 1 aliphatic rings. The van der Waals surface area contributed by atoms with Crippen LogP contribution in [0.2, 0.25) is 0 Å². The molecule has 0 saturated carbocycles. The Balaban J connectivity index is 1.60. The number of hydrogen-bond acceptors (Lipinski definition) is 2. The highest BCUT2D eigenvalue weighted by atomic mass is 19.1. The lowest BCUT2D eigenvalue weighted by Crippen LogP contribution is -2.24. The fourth-order valence-corrected chi connectivity index (χ4v) is 3.08. The number of benzene rings is 2. The fraction of sp³-hybridized carbons (Fsp3) is 0.350. The van der Waals surface area contributed by atoms with Crippen LogP contribution >= 0.6 is 0 Å². The summed E-state index contributed by atoms with van der Waals surface area (Å²) in [4.78, 5) is 14.7. The van der Waals surface area contributed by atoms with Crippen molar-refractivity contribution in [1.82, 2.24) is 4.90 Å². The molecule has 1 saturated heterocycles. The van der Waals surface area contributed by atoms with E-state index in [1.54, 1.807) is 12.1 Å². The standard InChI is InChI=1S/C20H23FN2O/c21-18-6-5-7-19(14-18)22-20(24)17-10-8-16(9-11-17)15-23-12-3-1-2-4-13-23/h5-11,14H,1-4,12-13,15H2,(H,22,24). The van der Waals surface area contributed by atoms with Gasteiger partial charge in [-0.1, -0.05) is 31.0 Å². The van der Waals surface area contributed by atoms with Crippen molar-refractivity contribution in [2.75, 3.05) is 18.4 Å². The van der Waals surface area contributed by atoms with E-state index in [0.717, 1.165) is 19.6 Å². The van der Waals surface area contributed by atoms with Gasteiger partial charge in [0.25, 0.3) is 5.91 Å². The summed E-state index contributed by atoms with van der Waals surface area (Å²) in [5.74, 6) is -0.581. The minimum absolute atomic E-state index is 0.220. The van der Waals surface area contributed by atoms with Gasteiger partial charge in [-0.3, -0.25) is 9.69 Å². The first-order chi connectivity index (χ1) is 11.7. The number of likely N-dealkylation sites (tertiary alicyclic amines) is 1. The molecule has 0 aromatic heterocycles. The van der Waals surface area contributed by atoms with Gasteiger partial charge in [0, 0.05) is 17.8 Å². The lowest BCUT2D eigenvalue weighted by molar-refractivity contribution is 0.102. The fourth-order valence-electron chi connectivity index (χ4n) is 3.08. The number of nitrogens with one attached hydrogen (secondary N) is 1. The van der Waals surface area contributed by atoms with Crippen molar-refractivity contribution in [1.29, 1.82) is 0 Å². The molecule has 0 spiro atoms. The third kappa shape index (κ3) is 4.65. The summed E-state index contributed by atoms with van der Waals surface area (Å²) in [6.45, 7) is 3.25. The SMILES string of the molecule is O=C(Nc1cccc(F)c1)c1ccc(CN2CCCCCC2)cc1. The predicted molar refractivity (Wildman–Crippen MR) is 94.5 cm³/mol. The van der Waals surface area contributed by atoms with Gasteiger partial charge in [-0.25, -0.2) is 4.39 Å². The Bertz CT molecular complexity index is 676. The van der Waals surface area contributed by atoms with Gasteiger partial charge in [0.2, 0.25) is 0 Å². The van der Waals surface area contributed by atoms with Crippen LogP contribution in [-0.4, -0.2) is 23.9 Å². The normalized spacial score (nSPS) is 15.7. The van der Waals surface area contributed by atoms with Gasteiger partial charge in [-0.05, 0) is 61.8 Å². The summed E-state index contributed by atoms with van der Waals surface area (Å²) in [7, 11) is 0. The summed E-state index contributed by atoms with van der Waals surface area (Å²) < 4.78 is 13.2. The van der Waals surface area contributed by atoms with Crippen LogP contribution in [0.1, 0.15) is 41.6 Å². The Morgan fingerprint density at radius 1 is 1.00 bits per heavy atom. The van der Waals surface area contributed by atoms with Crippen molar-refractivity contribution >= 4 is 11.6 Å². The van der Waals surface area contributed by atoms with Crippen molar-refractivity contribution in [2.45, 2.75) is 32.2 Å². The zero-order chi connectivity index (χ0) is 16.8. The summed E-state index contributed by atoms with van der Waals surface area (Å²) in [6.07, 6.45) is 5.20. The number of amides is 1. The number of hydrogen-bond donors (Lipinski definition) is 1. The van der Waals surface area contributed by atoms with Crippen molar-refractivity contribution in [2.24, 2.45) is 0 Å². The van der Waals surface area contributed by atoms with E-state index in [0.29, 0.717) is 11.3 Å². The van der Waals surface area contributed by atoms with Crippen LogP contribution < -0.4 is 5.32 Å². The summed E-state index contributed by atoms with van der Waals surface area (Å²) in [5.41, 5.74) is 2.27. The second kappa shape index (κ2) is 8.06. The van der Waals surface area contributed by atoms with Gasteiger partial charge in [0.05, 0.1) is 0 Å². The minimum atomic E-state index is -0.361. The van der Waals surface area contributed by atoms with Gasteiger partial charge in [0.1, 0.15) is 5.82 Å². The average Bonchev–Trinajstić information content (AvgIpc) is 2.84. The van der Waals surface area contributed by atoms with Crippen LogP contribution in [-0.2, 0) is 6.54 Å². The van der Waals surface area contributed by atoms with Crippen molar-refractivity contribution < 1.29 is 9.18 Å². The maximum absolute atomic E-state index is 13.2. The molecular weight excluding hydrogens is 303 g/mol. The maximum Gasteiger partial charge on any atom is 0.255 e. The van der Waals surface area contributed by atoms with Crippen molar-refractivity contribution in [3.63, 3.8) is 0 Å². The van der Waals surface area contributed by atoms with Gasteiger partial charge in [-0.2, -0.15) is 0 Å². The Morgan fingerprint density at radius 2 is 1.71 bits per heavy atom. The number of halogens is 1. The van der Waals surface area contributed by atoms with Crippen LogP contribution in [0.25, 0.3) is 0 Å². The maximum atomic E-state index is 13.2. The number of nitrogens with zero attached hydrogens (tertiary/aromatic N) is 1. The Hall–Kier alpha value is -2.20. The predicted octanol–water partition coefficient (Wildman–Crippen LogP) is 4.45. The highest BCUT2D eigenvalue weighted by molar-refractivity contribution is 6.04. The van der Waals surface area contributed by atoms with Crippen LogP contribution in [0.4, 0.5) is 10.1 Å². The highest BCUT2D eigenvalue weighted by Gasteiger charge is 2.11. The summed E-state index contributed by atoms with van der Waals surface area (Å²) >= 11 is 0. The smallest absolute Gasteiger partial charge is 0.255 e. The third-order valence-corrected chi connectivity index (χ3v) is 4.40. The molecule has 1 N–H and O–H groups in total. The quantitative estimate of drug-likeness (QED) is 0.900. The van der Waals surface area contributed by atoms with Gasteiger partial charge >= 0.3 is 0 Å². The molecule has 1 heterocycles. The van der Waals surface area contributed by atoms with Crippen molar-refractivity contribution in [3.05, 3.63) is 65.5 Å². The lowest BCUT2D eigenvalue weighted by atomic mass is 10.1.